The lowest BCUT2D eigenvalue weighted by atomic mass is 10.1. The van der Waals surface area contributed by atoms with Crippen LogP contribution in [0.15, 0.2) is 82.6 Å². The number of rotatable bonds is 13. The first-order valence-corrected chi connectivity index (χ1v) is 15.8. The van der Waals surface area contributed by atoms with E-state index in [-0.39, 0.29) is 23.0 Å². The molecule has 0 saturated carbocycles. The van der Waals surface area contributed by atoms with Gasteiger partial charge in [-0.3, -0.25) is 13.9 Å². The molecular formula is C30H37N3O5S2. The molecule has 10 heteroatoms. The second kappa shape index (κ2) is 14.2. The smallest absolute Gasteiger partial charge is 0.264 e. The Labute approximate surface area is 241 Å². The number of carbonyl (C=O) groups is 2. The highest BCUT2D eigenvalue weighted by molar-refractivity contribution is 7.98. The molecule has 3 aromatic carbocycles. The van der Waals surface area contributed by atoms with Crippen molar-refractivity contribution < 1.29 is 22.7 Å². The predicted octanol–water partition coefficient (Wildman–Crippen LogP) is 4.86. The van der Waals surface area contributed by atoms with Crippen molar-refractivity contribution in [3.8, 4) is 5.75 Å². The fraction of sp³-hybridized carbons (Fsp3) is 0.333. The van der Waals surface area contributed by atoms with Crippen molar-refractivity contribution in [1.82, 2.24) is 10.2 Å². The Morgan fingerprint density at radius 3 is 2.30 bits per heavy atom. The summed E-state index contributed by atoms with van der Waals surface area (Å²) in [5, 5.41) is 2.64. The number of aryl methyl sites for hydroxylation is 1. The standard InChI is InChI=1S/C30H37N3O5S2/c1-6-26(30(35)31-4)32(20-23-12-10-11-22(3)19-23)29(34)21-33(27-13-8-9-14-28(27)38-7-2)40(36,37)25-17-15-24(39-5)16-18-25/h8-19,26H,6-7,20-21H2,1-5H3,(H,31,35). The van der Waals surface area contributed by atoms with Crippen LogP contribution in [0.2, 0.25) is 0 Å². The summed E-state index contributed by atoms with van der Waals surface area (Å²) in [5.74, 6) is -0.487. The molecule has 0 aliphatic carbocycles. The van der Waals surface area contributed by atoms with E-state index in [1.807, 2.05) is 44.4 Å². The van der Waals surface area contributed by atoms with E-state index in [2.05, 4.69) is 5.32 Å². The van der Waals surface area contributed by atoms with Crippen LogP contribution in [0.1, 0.15) is 31.4 Å². The first-order valence-electron chi connectivity index (χ1n) is 13.1. The summed E-state index contributed by atoms with van der Waals surface area (Å²) in [6, 6.07) is 20.2. The molecule has 0 fully saturated rings. The highest BCUT2D eigenvalue weighted by Gasteiger charge is 2.34. The number of thioether (sulfide) groups is 1. The van der Waals surface area contributed by atoms with Gasteiger partial charge in [0.05, 0.1) is 17.2 Å². The Kier molecular flexibility index (Phi) is 11.0. The first-order chi connectivity index (χ1) is 19.2. The Hall–Kier alpha value is -3.50. The van der Waals surface area contributed by atoms with Crippen molar-refractivity contribution in [1.29, 1.82) is 0 Å². The maximum atomic E-state index is 14.1. The van der Waals surface area contributed by atoms with Crippen molar-refractivity contribution in [2.24, 2.45) is 0 Å². The average Bonchev–Trinajstić information content (AvgIpc) is 2.96. The molecule has 3 rings (SSSR count). The van der Waals surface area contributed by atoms with Crippen molar-refractivity contribution >= 4 is 39.3 Å². The van der Waals surface area contributed by atoms with E-state index in [1.165, 1.54) is 35.8 Å². The molecule has 0 aliphatic heterocycles. The third-order valence-corrected chi connectivity index (χ3v) is 8.95. The lowest BCUT2D eigenvalue weighted by Crippen LogP contribution is -2.51. The molecule has 0 aromatic heterocycles. The number of anilines is 1. The maximum absolute atomic E-state index is 14.1. The zero-order chi connectivity index (χ0) is 29.3. The van der Waals surface area contributed by atoms with E-state index in [0.717, 1.165) is 20.3 Å². The monoisotopic (exact) mass is 583 g/mol. The molecule has 2 amide bonds. The number of hydrogen-bond donors (Lipinski definition) is 1. The number of para-hydroxylation sites is 2. The zero-order valence-electron chi connectivity index (χ0n) is 23.6. The second-order valence-electron chi connectivity index (χ2n) is 9.14. The minimum Gasteiger partial charge on any atom is -0.492 e. The van der Waals surface area contributed by atoms with Crippen LogP contribution >= 0.6 is 11.8 Å². The molecule has 0 saturated heterocycles. The lowest BCUT2D eigenvalue weighted by Gasteiger charge is -2.33. The van der Waals surface area contributed by atoms with Crippen LogP contribution in [0, 0.1) is 6.92 Å². The summed E-state index contributed by atoms with van der Waals surface area (Å²) in [4.78, 5) is 29.4. The van der Waals surface area contributed by atoms with Gasteiger partial charge >= 0.3 is 0 Å². The number of benzene rings is 3. The highest BCUT2D eigenvalue weighted by Crippen LogP contribution is 2.33. The minimum absolute atomic E-state index is 0.0491. The van der Waals surface area contributed by atoms with Gasteiger partial charge < -0.3 is 15.0 Å². The van der Waals surface area contributed by atoms with Gasteiger partial charge in [0.2, 0.25) is 11.8 Å². The van der Waals surface area contributed by atoms with Crippen LogP contribution in [-0.4, -0.2) is 57.6 Å². The molecule has 0 spiro atoms. The van der Waals surface area contributed by atoms with E-state index in [1.54, 1.807) is 43.3 Å². The third-order valence-electron chi connectivity index (χ3n) is 6.43. The number of nitrogens with one attached hydrogen (secondary N) is 1. The van der Waals surface area contributed by atoms with Gasteiger partial charge in [0.1, 0.15) is 18.3 Å². The lowest BCUT2D eigenvalue weighted by molar-refractivity contribution is -0.140. The first kappa shape index (κ1) is 31.0. The fourth-order valence-corrected chi connectivity index (χ4v) is 6.26. The Balaban J connectivity index is 2.11. The molecule has 0 heterocycles. The topological polar surface area (TPSA) is 96.0 Å². The van der Waals surface area contributed by atoms with Crippen LogP contribution in [0.3, 0.4) is 0 Å². The molecule has 0 radical (unpaired) electrons. The molecular weight excluding hydrogens is 546 g/mol. The van der Waals surface area contributed by atoms with Crippen LogP contribution in [0.5, 0.6) is 5.75 Å². The van der Waals surface area contributed by atoms with E-state index < -0.39 is 28.5 Å². The van der Waals surface area contributed by atoms with Crippen LogP contribution < -0.4 is 14.4 Å². The van der Waals surface area contributed by atoms with Gasteiger partial charge in [-0.2, -0.15) is 0 Å². The maximum Gasteiger partial charge on any atom is 0.264 e. The van der Waals surface area contributed by atoms with E-state index in [9.17, 15) is 18.0 Å². The van der Waals surface area contributed by atoms with Gasteiger partial charge in [-0.1, -0.05) is 48.9 Å². The third kappa shape index (κ3) is 7.37. The molecule has 1 atom stereocenters. The molecule has 0 aliphatic rings. The van der Waals surface area contributed by atoms with Gasteiger partial charge in [-0.15, -0.1) is 11.8 Å². The number of likely N-dealkylation sites (N-methyl/N-ethyl adjacent to an activating group) is 1. The number of ether oxygens (including phenoxy) is 1. The second-order valence-corrected chi connectivity index (χ2v) is 11.9. The molecule has 1 N–H and O–H groups in total. The van der Waals surface area contributed by atoms with E-state index in [0.29, 0.717) is 18.8 Å². The van der Waals surface area contributed by atoms with Crippen molar-refractivity contribution in [2.75, 3.05) is 30.8 Å². The molecule has 40 heavy (non-hydrogen) atoms. The van der Waals surface area contributed by atoms with Crippen LogP contribution in [0.25, 0.3) is 0 Å². The van der Waals surface area contributed by atoms with Gasteiger partial charge in [-0.25, -0.2) is 8.42 Å². The van der Waals surface area contributed by atoms with Gasteiger partial charge in [0.25, 0.3) is 10.0 Å². The number of sulfonamides is 1. The average molecular weight is 584 g/mol. The largest absolute Gasteiger partial charge is 0.492 e. The normalized spacial score (nSPS) is 11.9. The molecule has 214 valence electrons. The number of hydrogen-bond acceptors (Lipinski definition) is 6. The summed E-state index contributed by atoms with van der Waals surface area (Å²) >= 11 is 1.50. The number of amides is 2. The van der Waals surface area contributed by atoms with Gasteiger partial charge in [0.15, 0.2) is 0 Å². The van der Waals surface area contributed by atoms with Gasteiger partial charge in [0, 0.05) is 18.5 Å². The fourth-order valence-electron chi connectivity index (χ4n) is 4.42. The summed E-state index contributed by atoms with van der Waals surface area (Å²) in [6.45, 7) is 5.53. The quantitative estimate of drug-likeness (QED) is 0.289. The summed E-state index contributed by atoms with van der Waals surface area (Å²) in [6.07, 6.45) is 2.27. The van der Waals surface area contributed by atoms with Gasteiger partial charge in [-0.05, 0) is 68.5 Å². The number of nitrogens with zero attached hydrogens (tertiary/aromatic N) is 2. The molecule has 3 aromatic rings. The Bertz CT molecular complexity index is 1410. The number of carbonyl (C=O) groups excluding carboxylic acids is 2. The summed E-state index contributed by atoms with van der Waals surface area (Å²) in [7, 11) is -2.67. The molecule has 0 bridgehead atoms. The summed E-state index contributed by atoms with van der Waals surface area (Å²) < 4.78 is 35.0. The van der Waals surface area contributed by atoms with Crippen LogP contribution in [-0.2, 0) is 26.2 Å². The van der Waals surface area contributed by atoms with Crippen LogP contribution in [0.4, 0.5) is 5.69 Å². The molecule has 8 nitrogen and oxygen atoms in total. The predicted molar refractivity (Wildman–Crippen MR) is 160 cm³/mol. The molecule has 1 unspecified atom stereocenters. The minimum atomic E-state index is -4.19. The Morgan fingerprint density at radius 1 is 1.00 bits per heavy atom. The Morgan fingerprint density at radius 2 is 1.70 bits per heavy atom. The zero-order valence-corrected chi connectivity index (χ0v) is 25.2. The SMILES string of the molecule is CCOc1ccccc1N(CC(=O)N(Cc1cccc(C)c1)C(CC)C(=O)NC)S(=O)(=O)c1ccc(SC)cc1. The van der Waals surface area contributed by atoms with E-state index in [4.69, 9.17) is 4.74 Å². The van der Waals surface area contributed by atoms with Crippen molar-refractivity contribution in [2.45, 2.75) is 49.6 Å². The van der Waals surface area contributed by atoms with E-state index >= 15 is 0 Å². The van der Waals surface area contributed by atoms with Crippen molar-refractivity contribution in [3.63, 3.8) is 0 Å². The highest BCUT2D eigenvalue weighted by atomic mass is 32.2. The van der Waals surface area contributed by atoms with Crippen molar-refractivity contribution in [3.05, 3.63) is 83.9 Å². The summed E-state index contributed by atoms with van der Waals surface area (Å²) in [5.41, 5.74) is 2.10.